The summed E-state index contributed by atoms with van der Waals surface area (Å²) < 4.78 is 5.12. The van der Waals surface area contributed by atoms with E-state index < -0.39 is 0 Å². The van der Waals surface area contributed by atoms with Gasteiger partial charge in [0.1, 0.15) is 5.75 Å². The summed E-state index contributed by atoms with van der Waals surface area (Å²) in [6, 6.07) is 8.46. The molecule has 0 fully saturated rings. The Morgan fingerprint density at radius 1 is 1.39 bits per heavy atom. The van der Waals surface area contributed by atoms with E-state index in [1.807, 2.05) is 12.1 Å². The van der Waals surface area contributed by atoms with Crippen LogP contribution in [-0.2, 0) is 11.2 Å². The van der Waals surface area contributed by atoms with Gasteiger partial charge in [-0.2, -0.15) is 0 Å². The number of nitrogens with one attached hydrogen (secondary N) is 1. The van der Waals surface area contributed by atoms with Gasteiger partial charge in [0.15, 0.2) is 0 Å². The first-order chi connectivity index (χ1) is 8.61. The maximum absolute atomic E-state index is 10.6. The van der Waals surface area contributed by atoms with Crippen molar-refractivity contribution in [2.75, 3.05) is 13.7 Å². The highest BCUT2D eigenvalue weighted by Gasteiger charge is 2.03. The van der Waals surface area contributed by atoms with Crippen LogP contribution in [0.2, 0.25) is 0 Å². The van der Waals surface area contributed by atoms with Crippen molar-refractivity contribution in [1.82, 2.24) is 5.32 Å². The summed E-state index contributed by atoms with van der Waals surface area (Å²) in [6.07, 6.45) is 2.20. The van der Waals surface area contributed by atoms with E-state index in [4.69, 9.17) is 10.5 Å². The molecule has 4 nitrogen and oxygen atoms in total. The predicted molar refractivity (Wildman–Crippen MR) is 72.6 cm³/mol. The molecule has 0 spiro atoms. The van der Waals surface area contributed by atoms with Crippen LogP contribution in [0, 0.1) is 0 Å². The van der Waals surface area contributed by atoms with E-state index in [0.717, 1.165) is 25.1 Å². The highest BCUT2D eigenvalue weighted by Crippen LogP contribution is 2.12. The fraction of sp³-hybridized carbons (Fsp3) is 0.500. The van der Waals surface area contributed by atoms with E-state index in [0.29, 0.717) is 12.5 Å². The highest BCUT2D eigenvalue weighted by molar-refractivity contribution is 5.73. The maximum atomic E-state index is 10.6. The lowest BCUT2D eigenvalue weighted by molar-refractivity contribution is -0.118. The first-order valence-corrected chi connectivity index (χ1v) is 6.26. The van der Waals surface area contributed by atoms with Gasteiger partial charge < -0.3 is 15.8 Å². The first-order valence-electron chi connectivity index (χ1n) is 6.26. The first kappa shape index (κ1) is 14.5. The molecule has 1 aromatic carbocycles. The lowest BCUT2D eigenvalue weighted by atomic mass is 10.1. The number of carbonyl (C=O) groups is 1. The van der Waals surface area contributed by atoms with Crippen molar-refractivity contribution in [2.24, 2.45) is 5.73 Å². The van der Waals surface area contributed by atoms with Crippen LogP contribution in [0.15, 0.2) is 24.3 Å². The molecule has 3 N–H and O–H groups in total. The van der Waals surface area contributed by atoms with Gasteiger partial charge in [-0.3, -0.25) is 4.79 Å². The lowest BCUT2D eigenvalue weighted by Gasteiger charge is -2.13. The van der Waals surface area contributed by atoms with Crippen LogP contribution in [0.3, 0.4) is 0 Å². The largest absolute Gasteiger partial charge is 0.497 e. The van der Waals surface area contributed by atoms with E-state index >= 15 is 0 Å². The molecule has 0 radical (unpaired) electrons. The zero-order valence-corrected chi connectivity index (χ0v) is 11.1. The summed E-state index contributed by atoms with van der Waals surface area (Å²) in [5.74, 6) is 0.639. The fourth-order valence-electron chi connectivity index (χ4n) is 1.80. The number of hydrogen-bond donors (Lipinski definition) is 2. The molecule has 0 saturated carbocycles. The number of amides is 1. The number of nitrogens with two attached hydrogens (primary N) is 1. The van der Waals surface area contributed by atoms with E-state index in [-0.39, 0.29) is 5.91 Å². The Balaban J connectivity index is 2.26. The second kappa shape index (κ2) is 7.71. The SMILES string of the molecule is COc1ccc(CC(C)NCCCC(N)=O)cc1. The van der Waals surface area contributed by atoms with Crippen LogP contribution in [0.1, 0.15) is 25.3 Å². The van der Waals surface area contributed by atoms with Gasteiger partial charge >= 0.3 is 0 Å². The van der Waals surface area contributed by atoms with Gasteiger partial charge in [0.2, 0.25) is 5.91 Å². The molecule has 1 rings (SSSR count). The molecule has 4 heteroatoms. The normalized spacial score (nSPS) is 12.1. The van der Waals surface area contributed by atoms with Crippen molar-refractivity contribution < 1.29 is 9.53 Å². The number of ether oxygens (including phenoxy) is 1. The third kappa shape index (κ3) is 5.68. The molecule has 0 saturated heterocycles. The van der Waals surface area contributed by atoms with Gasteiger partial charge in [-0.25, -0.2) is 0 Å². The number of methoxy groups -OCH3 is 1. The summed E-state index contributed by atoms with van der Waals surface area (Å²) in [6.45, 7) is 2.95. The standard InChI is InChI=1S/C14H22N2O2/c1-11(16-9-3-4-14(15)17)10-12-5-7-13(18-2)8-6-12/h5-8,11,16H,3-4,9-10H2,1-2H3,(H2,15,17). The van der Waals surface area contributed by atoms with Crippen molar-refractivity contribution in [1.29, 1.82) is 0 Å². The molecule has 0 aliphatic rings. The van der Waals surface area contributed by atoms with Crippen molar-refractivity contribution in [3.63, 3.8) is 0 Å². The molecule has 18 heavy (non-hydrogen) atoms. The smallest absolute Gasteiger partial charge is 0.217 e. The number of benzene rings is 1. The molecule has 1 amide bonds. The highest BCUT2D eigenvalue weighted by atomic mass is 16.5. The minimum atomic E-state index is -0.236. The van der Waals surface area contributed by atoms with Crippen LogP contribution in [0.25, 0.3) is 0 Å². The van der Waals surface area contributed by atoms with Crippen LogP contribution >= 0.6 is 0 Å². The Morgan fingerprint density at radius 3 is 2.61 bits per heavy atom. The van der Waals surface area contributed by atoms with E-state index in [1.54, 1.807) is 7.11 Å². The third-order valence-electron chi connectivity index (χ3n) is 2.79. The molecule has 0 bridgehead atoms. The van der Waals surface area contributed by atoms with Crippen LogP contribution in [-0.4, -0.2) is 25.6 Å². The minimum absolute atomic E-state index is 0.236. The Hall–Kier alpha value is -1.55. The average molecular weight is 250 g/mol. The van der Waals surface area contributed by atoms with Crippen LogP contribution in [0.4, 0.5) is 0 Å². The fourth-order valence-corrected chi connectivity index (χ4v) is 1.80. The van der Waals surface area contributed by atoms with Crippen molar-refractivity contribution >= 4 is 5.91 Å². The van der Waals surface area contributed by atoms with Gasteiger partial charge in [-0.05, 0) is 44.0 Å². The second-order valence-electron chi connectivity index (χ2n) is 4.48. The molecule has 0 heterocycles. The van der Waals surface area contributed by atoms with Gasteiger partial charge in [0.25, 0.3) is 0 Å². The number of carbonyl (C=O) groups excluding carboxylic acids is 1. The molecule has 1 atom stereocenters. The van der Waals surface area contributed by atoms with Gasteiger partial charge in [0.05, 0.1) is 7.11 Å². The summed E-state index contributed by atoms with van der Waals surface area (Å²) in [5.41, 5.74) is 6.35. The zero-order chi connectivity index (χ0) is 13.4. The van der Waals surface area contributed by atoms with Crippen molar-refractivity contribution in [2.45, 2.75) is 32.2 Å². The van der Waals surface area contributed by atoms with Crippen LogP contribution < -0.4 is 15.8 Å². The van der Waals surface area contributed by atoms with E-state index in [2.05, 4.69) is 24.4 Å². The van der Waals surface area contributed by atoms with Crippen LogP contribution in [0.5, 0.6) is 5.75 Å². The second-order valence-corrected chi connectivity index (χ2v) is 4.48. The summed E-state index contributed by atoms with van der Waals surface area (Å²) in [5, 5.41) is 3.38. The molecule has 1 unspecified atom stereocenters. The summed E-state index contributed by atoms with van der Waals surface area (Å²) >= 11 is 0. The molecule has 0 aliphatic heterocycles. The Kier molecular flexibility index (Phi) is 6.22. The zero-order valence-electron chi connectivity index (χ0n) is 11.1. The number of hydrogen-bond acceptors (Lipinski definition) is 3. The third-order valence-corrected chi connectivity index (χ3v) is 2.79. The number of rotatable bonds is 8. The maximum Gasteiger partial charge on any atom is 0.217 e. The Labute approximate surface area is 109 Å². The predicted octanol–water partition coefficient (Wildman–Crippen LogP) is 1.48. The molecule has 1 aromatic rings. The summed E-state index contributed by atoms with van der Waals surface area (Å²) in [7, 11) is 1.66. The molecule has 0 aliphatic carbocycles. The summed E-state index contributed by atoms with van der Waals surface area (Å²) in [4.78, 5) is 10.6. The Morgan fingerprint density at radius 2 is 2.06 bits per heavy atom. The lowest BCUT2D eigenvalue weighted by Crippen LogP contribution is -2.29. The van der Waals surface area contributed by atoms with Crippen molar-refractivity contribution in [3.8, 4) is 5.75 Å². The van der Waals surface area contributed by atoms with E-state index in [9.17, 15) is 4.79 Å². The molecule has 100 valence electrons. The quantitative estimate of drug-likeness (QED) is 0.687. The van der Waals surface area contributed by atoms with Gasteiger partial charge in [0, 0.05) is 12.5 Å². The number of primary amides is 1. The Bertz CT molecular complexity index is 363. The molecular weight excluding hydrogens is 228 g/mol. The molecular formula is C14H22N2O2. The average Bonchev–Trinajstić information content (AvgIpc) is 2.35. The van der Waals surface area contributed by atoms with Gasteiger partial charge in [-0.15, -0.1) is 0 Å². The molecule has 0 aromatic heterocycles. The topological polar surface area (TPSA) is 64.3 Å². The van der Waals surface area contributed by atoms with E-state index in [1.165, 1.54) is 5.56 Å². The monoisotopic (exact) mass is 250 g/mol. The van der Waals surface area contributed by atoms with Crippen molar-refractivity contribution in [3.05, 3.63) is 29.8 Å². The van der Waals surface area contributed by atoms with Gasteiger partial charge in [-0.1, -0.05) is 12.1 Å². The minimum Gasteiger partial charge on any atom is -0.497 e.